The zero-order valence-corrected chi connectivity index (χ0v) is 7.99. The third kappa shape index (κ3) is 1.45. The van der Waals surface area contributed by atoms with Crippen molar-refractivity contribution < 1.29 is 0 Å². The lowest BCUT2D eigenvalue weighted by atomic mass is 9.98. The van der Waals surface area contributed by atoms with Crippen LogP contribution in [0.5, 0.6) is 0 Å². The van der Waals surface area contributed by atoms with E-state index in [1.54, 1.807) is 0 Å². The zero-order valence-electron chi connectivity index (χ0n) is 6.48. The smallest absolute Gasteiger partial charge is 0.0595 e. The van der Waals surface area contributed by atoms with Gasteiger partial charge >= 0.3 is 0 Å². The highest BCUT2D eigenvalue weighted by atomic mass is 35.5. The van der Waals surface area contributed by atoms with Crippen LogP contribution in [0.15, 0.2) is 18.2 Å². The lowest BCUT2D eigenvalue weighted by Gasteiger charge is -2.28. The van der Waals surface area contributed by atoms with Crippen molar-refractivity contribution in [2.24, 2.45) is 0 Å². The molecule has 1 atom stereocenters. The van der Waals surface area contributed by atoms with Crippen LogP contribution in [0.3, 0.4) is 0 Å². The van der Waals surface area contributed by atoms with E-state index < -0.39 is 0 Å². The summed E-state index contributed by atoms with van der Waals surface area (Å²) in [4.78, 5) is 0. The first-order valence-corrected chi connectivity index (χ1v) is 4.71. The Morgan fingerprint density at radius 3 is 2.50 bits per heavy atom. The van der Waals surface area contributed by atoms with Gasteiger partial charge in [-0.1, -0.05) is 29.3 Å². The summed E-state index contributed by atoms with van der Waals surface area (Å²) in [6, 6.07) is 6.28. The highest BCUT2D eigenvalue weighted by Crippen LogP contribution is 2.29. The minimum atomic E-state index is 0.486. The molecule has 2 rings (SSSR count). The van der Waals surface area contributed by atoms with E-state index in [1.807, 2.05) is 18.2 Å². The first-order valence-electron chi connectivity index (χ1n) is 3.96. The van der Waals surface area contributed by atoms with Crippen molar-refractivity contribution in [1.82, 2.24) is 5.32 Å². The summed E-state index contributed by atoms with van der Waals surface area (Å²) in [7, 11) is 0. The van der Waals surface area contributed by atoms with Crippen molar-refractivity contribution in [3.05, 3.63) is 33.8 Å². The van der Waals surface area contributed by atoms with Gasteiger partial charge in [0.2, 0.25) is 0 Å². The fraction of sp³-hybridized carbons (Fsp3) is 0.333. The summed E-state index contributed by atoms with van der Waals surface area (Å²) in [5.41, 5.74) is 1.23. The number of halogens is 2. The van der Waals surface area contributed by atoms with Crippen molar-refractivity contribution in [2.45, 2.75) is 12.5 Å². The molecule has 1 heterocycles. The van der Waals surface area contributed by atoms with E-state index >= 15 is 0 Å². The van der Waals surface area contributed by atoms with Crippen molar-refractivity contribution in [3.63, 3.8) is 0 Å². The van der Waals surface area contributed by atoms with E-state index in [4.69, 9.17) is 23.2 Å². The van der Waals surface area contributed by atoms with Gasteiger partial charge in [0.25, 0.3) is 0 Å². The molecule has 1 unspecified atom stereocenters. The van der Waals surface area contributed by atoms with Gasteiger partial charge in [-0.25, -0.2) is 0 Å². The van der Waals surface area contributed by atoms with E-state index in [-0.39, 0.29) is 0 Å². The van der Waals surface area contributed by atoms with Gasteiger partial charge in [-0.2, -0.15) is 0 Å². The summed E-state index contributed by atoms with van der Waals surface area (Å²) in [5, 5.41) is 4.57. The average molecular weight is 202 g/mol. The van der Waals surface area contributed by atoms with Gasteiger partial charge in [-0.05, 0) is 30.7 Å². The van der Waals surface area contributed by atoms with Crippen LogP contribution in [0, 0.1) is 0 Å². The molecule has 3 heteroatoms. The molecule has 0 aromatic heterocycles. The van der Waals surface area contributed by atoms with Gasteiger partial charge in [0.1, 0.15) is 0 Å². The molecule has 0 radical (unpaired) electrons. The van der Waals surface area contributed by atoms with Crippen LogP contribution in [0.2, 0.25) is 10.0 Å². The van der Waals surface area contributed by atoms with Crippen LogP contribution in [0.1, 0.15) is 18.0 Å². The predicted octanol–water partition coefficient (Wildman–Crippen LogP) is 3.03. The molecule has 1 aromatic rings. The highest BCUT2D eigenvalue weighted by Gasteiger charge is 2.18. The van der Waals surface area contributed by atoms with Gasteiger partial charge in [-0.3, -0.25) is 0 Å². The maximum absolute atomic E-state index is 5.88. The zero-order chi connectivity index (χ0) is 8.55. The molecule has 1 fully saturated rings. The number of hydrogen-bond donors (Lipinski definition) is 1. The Labute approximate surface area is 81.7 Å². The third-order valence-electron chi connectivity index (χ3n) is 2.17. The van der Waals surface area contributed by atoms with E-state index in [9.17, 15) is 0 Å². The molecule has 0 bridgehead atoms. The van der Waals surface area contributed by atoms with Crippen LogP contribution in [0.25, 0.3) is 0 Å². The molecule has 1 aromatic carbocycles. The van der Waals surface area contributed by atoms with Gasteiger partial charge in [-0.15, -0.1) is 0 Å². The second-order valence-corrected chi connectivity index (χ2v) is 3.78. The Hall–Kier alpha value is -0.240. The number of nitrogens with one attached hydrogen (secondary N) is 1. The molecule has 12 heavy (non-hydrogen) atoms. The van der Waals surface area contributed by atoms with Crippen LogP contribution < -0.4 is 5.32 Å². The number of hydrogen-bond acceptors (Lipinski definition) is 1. The quantitative estimate of drug-likeness (QED) is 0.737. The highest BCUT2D eigenvalue weighted by molar-refractivity contribution is 6.42. The first kappa shape index (κ1) is 8.36. The molecule has 64 valence electrons. The molecule has 0 spiro atoms. The van der Waals surface area contributed by atoms with E-state index in [2.05, 4.69) is 5.32 Å². The molecule has 1 aliphatic heterocycles. The predicted molar refractivity (Wildman–Crippen MR) is 51.8 cm³/mol. The Balaban J connectivity index is 2.27. The molecular formula is C9H9Cl2N. The van der Waals surface area contributed by atoms with Gasteiger partial charge in [0, 0.05) is 6.04 Å². The van der Waals surface area contributed by atoms with Crippen molar-refractivity contribution in [3.8, 4) is 0 Å². The Morgan fingerprint density at radius 1 is 1.25 bits per heavy atom. The molecule has 1 nitrogen and oxygen atoms in total. The molecule has 0 saturated carbocycles. The number of benzene rings is 1. The largest absolute Gasteiger partial charge is 0.310 e. The van der Waals surface area contributed by atoms with E-state index in [1.165, 1.54) is 12.0 Å². The Bertz CT molecular complexity index is 295. The van der Waals surface area contributed by atoms with Crippen molar-refractivity contribution >= 4 is 23.2 Å². The van der Waals surface area contributed by atoms with E-state index in [0.29, 0.717) is 16.1 Å². The average Bonchev–Trinajstić information content (AvgIpc) is 1.93. The van der Waals surface area contributed by atoms with Gasteiger partial charge in [0.05, 0.1) is 10.0 Å². The summed E-state index contributed by atoms with van der Waals surface area (Å²) in [6.07, 6.45) is 1.19. The summed E-state index contributed by atoms with van der Waals surface area (Å²) in [6.45, 7) is 1.10. The number of rotatable bonds is 1. The van der Waals surface area contributed by atoms with Crippen LogP contribution >= 0.6 is 23.2 Å². The minimum Gasteiger partial charge on any atom is -0.310 e. The monoisotopic (exact) mass is 201 g/mol. The lowest BCUT2D eigenvalue weighted by molar-refractivity contribution is 0.383. The molecule has 1 N–H and O–H groups in total. The van der Waals surface area contributed by atoms with Gasteiger partial charge in [0.15, 0.2) is 0 Å². The lowest BCUT2D eigenvalue weighted by Crippen LogP contribution is -2.34. The summed E-state index contributed by atoms with van der Waals surface area (Å²) >= 11 is 11.7. The normalized spacial score (nSPS) is 22.0. The summed E-state index contributed by atoms with van der Waals surface area (Å²) < 4.78 is 0. The van der Waals surface area contributed by atoms with Gasteiger partial charge < -0.3 is 5.32 Å². The Morgan fingerprint density at radius 2 is 2.00 bits per heavy atom. The Kier molecular flexibility index (Phi) is 2.26. The molecule has 0 amide bonds. The fourth-order valence-corrected chi connectivity index (χ4v) is 1.61. The second kappa shape index (κ2) is 3.25. The van der Waals surface area contributed by atoms with Crippen molar-refractivity contribution in [2.75, 3.05) is 6.54 Å². The fourth-order valence-electron chi connectivity index (χ4n) is 1.30. The first-order chi connectivity index (χ1) is 5.77. The second-order valence-electron chi connectivity index (χ2n) is 2.97. The molecule has 0 aliphatic carbocycles. The maximum Gasteiger partial charge on any atom is 0.0595 e. The van der Waals surface area contributed by atoms with Crippen molar-refractivity contribution in [1.29, 1.82) is 0 Å². The van der Waals surface area contributed by atoms with Crippen LogP contribution in [-0.2, 0) is 0 Å². The SMILES string of the molecule is Clc1ccc(C2CCN2)cc1Cl. The summed E-state index contributed by atoms with van der Waals surface area (Å²) in [5.74, 6) is 0. The van der Waals surface area contributed by atoms with Crippen LogP contribution in [0.4, 0.5) is 0 Å². The third-order valence-corrected chi connectivity index (χ3v) is 2.91. The van der Waals surface area contributed by atoms with Crippen LogP contribution in [-0.4, -0.2) is 6.54 Å². The standard InChI is InChI=1S/C9H9Cl2N/c10-7-2-1-6(5-8(7)11)9-3-4-12-9/h1-2,5,9,12H,3-4H2. The molecular weight excluding hydrogens is 193 g/mol. The molecule has 1 aliphatic rings. The van der Waals surface area contributed by atoms with E-state index in [0.717, 1.165) is 6.54 Å². The molecule has 1 saturated heterocycles. The topological polar surface area (TPSA) is 12.0 Å². The maximum atomic E-state index is 5.88. The minimum absolute atomic E-state index is 0.486.